The lowest BCUT2D eigenvalue weighted by molar-refractivity contribution is 0.117. The van der Waals surface area contributed by atoms with Crippen LogP contribution in [0.25, 0.3) is 0 Å². The predicted molar refractivity (Wildman–Crippen MR) is 77.5 cm³/mol. The Hall–Kier alpha value is -1.96. The van der Waals surface area contributed by atoms with E-state index in [0.717, 1.165) is 6.42 Å². The first-order chi connectivity index (χ1) is 10.4. The summed E-state index contributed by atoms with van der Waals surface area (Å²) in [6, 6.07) is -0.100. The fraction of sp³-hybridized carbons (Fsp3) is 0.714. The molecule has 0 aliphatic carbocycles. The van der Waals surface area contributed by atoms with E-state index in [1.54, 1.807) is 14.0 Å². The second-order valence-electron chi connectivity index (χ2n) is 6.57. The molecule has 2 atom stereocenters. The van der Waals surface area contributed by atoms with Crippen LogP contribution in [-0.2, 0) is 10.2 Å². The summed E-state index contributed by atoms with van der Waals surface area (Å²) in [6.07, 6.45) is 0.811. The Morgan fingerprint density at radius 1 is 1.27 bits per heavy atom. The lowest BCUT2D eigenvalue weighted by atomic mass is 9.97. The Morgan fingerprint density at radius 2 is 2.05 bits per heavy atom. The molecular formula is C14H21N5O3. The van der Waals surface area contributed by atoms with Gasteiger partial charge in [0.25, 0.3) is 5.95 Å². The van der Waals surface area contributed by atoms with Crippen molar-refractivity contribution in [2.24, 2.45) is 0 Å². The average Bonchev–Trinajstić information content (AvgIpc) is 3.15. The minimum absolute atomic E-state index is 0.0637. The Labute approximate surface area is 128 Å². The Morgan fingerprint density at radius 3 is 2.59 bits per heavy atom. The van der Waals surface area contributed by atoms with Gasteiger partial charge in [0.15, 0.2) is 0 Å². The number of hydrogen-bond acceptors (Lipinski definition) is 8. The van der Waals surface area contributed by atoms with Gasteiger partial charge in [0.2, 0.25) is 17.7 Å². The lowest BCUT2D eigenvalue weighted by Crippen LogP contribution is -2.26. The van der Waals surface area contributed by atoms with Gasteiger partial charge in [0.1, 0.15) is 6.04 Å². The van der Waals surface area contributed by atoms with Crippen molar-refractivity contribution < 1.29 is 13.7 Å². The van der Waals surface area contributed by atoms with E-state index in [0.29, 0.717) is 30.2 Å². The molecule has 0 radical (unpaired) electrons. The van der Waals surface area contributed by atoms with E-state index < -0.39 is 0 Å². The number of aromatic nitrogens is 4. The van der Waals surface area contributed by atoms with Gasteiger partial charge >= 0.3 is 0 Å². The van der Waals surface area contributed by atoms with Crippen LogP contribution in [0.3, 0.4) is 0 Å². The number of methoxy groups -OCH3 is 1. The molecule has 1 aliphatic heterocycles. The molecule has 3 heterocycles. The summed E-state index contributed by atoms with van der Waals surface area (Å²) < 4.78 is 16.4. The van der Waals surface area contributed by atoms with E-state index >= 15 is 0 Å². The molecule has 2 aromatic heterocycles. The maximum atomic E-state index is 5.58. The molecule has 0 N–H and O–H groups in total. The van der Waals surface area contributed by atoms with Crippen LogP contribution in [0.5, 0.6) is 0 Å². The van der Waals surface area contributed by atoms with Crippen molar-refractivity contribution in [2.75, 3.05) is 18.6 Å². The third kappa shape index (κ3) is 2.70. The maximum absolute atomic E-state index is 5.58. The predicted octanol–water partition coefficient (Wildman–Crippen LogP) is 2.02. The van der Waals surface area contributed by atoms with Gasteiger partial charge in [-0.1, -0.05) is 20.8 Å². The summed E-state index contributed by atoms with van der Waals surface area (Å²) in [4.78, 5) is 6.52. The highest BCUT2D eigenvalue weighted by atomic mass is 16.5. The summed E-state index contributed by atoms with van der Waals surface area (Å²) in [5, 5.41) is 12.1. The molecule has 0 aromatic carbocycles. The SMILES string of the molecule is CO[C@@H]1C[C@H](c2nnc(C)o2)N(c2noc(C(C)(C)C)n2)C1. The number of nitrogens with zero attached hydrogens (tertiary/aromatic N) is 5. The zero-order valence-corrected chi connectivity index (χ0v) is 13.5. The fourth-order valence-electron chi connectivity index (χ4n) is 2.51. The van der Waals surface area contributed by atoms with Crippen LogP contribution in [0.1, 0.15) is 50.9 Å². The zero-order valence-electron chi connectivity index (χ0n) is 13.5. The van der Waals surface area contributed by atoms with Crippen molar-refractivity contribution in [1.29, 1.82) is 0 Å². The van der Waals surface area contributed by atoms with Gasteiger partial charge in [-0.3, -0.25) is 0 Å². The first kappa shape index (κ1) is 15.0. The number of anilines is 1. The third-order valence-corrected chi connectivity index (χ3v) is 3.74. The van der Waals surface area contributed by atoms with Gasteiger partial charge in [-0.15, -0.1) is 10.2 Å². The summed E-state index contributed by atoms with van der Waals surface area (Å²) in [7, 11) is 1.70. The van der Waals surface area contributed by atoms with Crippen LogP contribution in [0.15, 0.2) is 8.94 Å². The highest BCUT2D eigenvalue weighted by molar-refractivity contribution is 5.35. The van der Waals surface area contributed by atoms with Gasteiger partial charge < -0.3 is 18.6 Å². The Kier molecular flexibility index (Phi) is 3.64. The summed E-state index contributed by atoms with van der Waals surface area (Å²) in [5.41, 5.74) is -0.192. The third-order valence-electron chi connectivity index (χ3n) is 3.74. The first-order valence-electron chi connectivity index (χ1n) is 7.32. The molecule has 3 rings (SSSR count). The van der Waals surface area contributed by atoms with Gasteiger partial charge in [0, 0.05) is 32.4 Å². The summed E-state index contributed by atoms with van der Waals surface area (Å²) in [6.45, 7) is 8.53. The Bertz CT molecular complexity index is 645. The maximum Gasteiger partial charge on any atom is 0.266 e. The van der Waals surface area contributed by atoms with E-state index in [4.69, 9.17) is 13.7 Å². The molecule has 0 bridgehead atoms. The first-order valence-corrected chi connectivity index (χ1v) is 7.32. The second kappa shape index (κ2) is 5.35. The second-order valence-corrected chi connectivity index (χ2v) is 6.57. The number of hydrogen-bond donors (Lipinski definition) is 0. The van der Waals surface area contributed by atoms with E-state index in [9.17, 15) is 0 Å². The van der Waals surface area contributed by atoms with Gasteiger partial charge in [-0.25, -0.2) is 0 Å². The molecule has 22 heavy (non-hydrogen) atoms. The highest BCUT2D eigenvalue weighted by Crippen LogP contribution is 2.36. The molecule has 1 fully saturated rings. The van der Waals surface area contributed by atoms with Crippen molar-refractivity contribution in [3.05, 3.63) is 17.7 Å². The zero-order chi connectivity index (χ0) is 15.9. The normalized spacial score (nSPS) is 22.5. The molecule has 8 nitrogen and oxygen atoms in total. The molecular weight excluding hydrogens is 286 g/mol. The summed E-state index contributed by atoms with van der Waals surface area (Å²) >= 11 is 0. The molecule has 0 unspecified atom stereocenters. The van der Waals surface area contributed by atoms with Crippen molar-refractivity contribution in [3.63, 3.8) is 0 Å². The smallest absolute Gasteiger partial charge is 0.266 e. The molecule has 2 aromatic rings. The fourth-order valence-corrected chi connectivity index (χ4v) is 2.51. The van der Waals surface area contributed by atoms with Crippen LogP contribution in [0, 0.1) is 6.92 Å². The Balaban J connectivity index is 1.91. The molecule has 0 saturated carbocycles. The quantitative estimate of drug-likeness (QED) is 0.850. The average molecular weight is 307 g/mol. The largest absolute Gasteiger partial charge is 0.423 e. The molecule has 0 spiro atoms. The molecule has 1 saturated heterocycles. The minimum atomic E-state index is -0.192. The molecule has 8 heteroatoms. The van der Waals surface area contributed by atoms with Crippen molar-refractivity contribution in [1.82, 2.24) is 20.3 Å². The number of aryl methyl sites for hydroxylation is 1. The standard InChI is InChI=1S/C14H21N5O3/c1-8-16-17-11(21-8)10-6-9(20-5)7-19(10)13-15-12(22-18-13)14(2,3)4/h9-10H,6-7H2,1-5H3/t9-,10-/m1/s1. The van der Waals surface area contributed by atoms with Crippen LogP contribution < -0.4 is 4.90 Å². The highest BCUT2D eigenvalue weighted by Gasteiger charge is 2.39. The number of rotatable bonds is 3. The van der Waals surface area contributed by atoms with E-state index in [2.05, 4.69) is 20.3 Å². The van der Waals surface area contributed by atoms with Crippen LogP contribution in [-0.4, -0.2) is 40.1 Å². The monoisotopic (exact) mass is 307 g/mol. The lowest BCUT2D eigenvalue weighted by Gasteiger charge is -2.19. The van der Waals surface area contributed by atoms with E-state index in [-0.39, 0.29) is 17.6 Å². The van der Waals surface area contributed by atoms with Crippen LogP contribution >= 0.6 is 0 Å². The van der Waals surface area contributed by atoms with Crippen LogP contribution in [0.4, 0.5) is 5.95 Å². The van der Waals surface area contributed by atoms with Gasteiger partial charge in [-0.05, 0) is 5.16 Å². The van der Waals surface area contributed by atoms with Crippen molar-refractivity contribution in [3.8, 4) is 0 Å². The van der Waals surface area contributed by atoms with E-state index in [1.165, 1.54) is 0 Å². The summed E-state index contributed by atoms with van der Waals surface area (Å²) in [5.74, 6) is 2.23. The molecule has 1 aliphatic rings. The van der Waals surface area contributed by atoms with Crippen LogP contribution in [0.2, 0.25) is 0 Å². The minimum Gasteiger partial charge on any atom is -0.423 e. The van der Waals surface area contributed by atoms with Crippen molar-refractivity contribution in [2.45, 2.75) is 51.7 Å². The molecule has 0 amide bonds. The van der Waals surface area contributed by atoms with E-state index in [1.807, 2.05) is 25.7 Å². The topological polar surface area (TPSA) is 90.3 Å². The van der Waals surface area contributed by atoms with Gasteiger partial charge in [0.05, 0.1) is 6.10 Å². The molecule has 120 valence electrons. The number of ether oxygens (including phenoxy) is 1. The van der Waals surface area contributed by atoms with Crippen molar-refractivity contribution >= 4 is 5.95 Å². The van der Waals surface area contributed by atoms with Gasteiger partial charge in [-0.2, -0.15) is 4.98 Å².